The number of ketones is 2. The molecule has 5 fully saturated rings. The molecule has 0 N–H and O–H groups in total. The largest absolute Gasteiger partial charge is 0.348 e. The minimum atomic E-state index is -1.23. The number of hydrogen-bond acceptors (Lipinski definition) is 6. The topological polar surface area (TPSA) is 99.8 Å². The van der Waals surface area contributed by atoms with E-state index in [0.717, 1.165) is 0 Å². The highest BCUT2D eigenvalue weighted by atomic mass is 16.6. The van der Waals surface area contributed by atoms with Crippen molar-refractivity contribution in [2.24, 2.45) is 0 Å². The lowest BCUT2D eigenvalue weighted by Crippen LogP contribution is -2.57. The summed E-state index contributed by atoms with van der Waals surface area (Å²) in [6, 6.07) is 0. The molecule has 8 nitrogen and oxygen atoms in total. The number of amides is 2. The quantitative estimate of drug-likeness (QED) is 0.458. The van der Waals surface area contributed by atoms with Crippen molar-refractivity contribution in [2.75, 3.05) is 26.2 Å². The highest BCUT2D eigenvalue weighted by Gasteiger charge is 2.73. The Morgan fingerprint density at radius 2 is 1.17 bits per heavy atom. The molecule has 3 heterocycles. The van der Waals surface area contributed by atoms with E-state index in [9.17, 15) is 19.2 Å². The third-order valence-electron chi connectivity index (χ3n) is 6.03. The van der Waals surface area contributed by atoms with Crippen molar-refractivity contribution in [3.63, 3.8) is 0 Å². The molecule has 0 spiro atoms. The number of hydrogen-bond donors (Lipinski definition) is 0. The molecule has 8 heteroatoms. The van der Waals surface area contributed by atoms with E-state index < -0.39 is 11.2 Å². The fraction of sp³-hybridized carbons (Fsp3) is 0.750. The van der Waals surface area contributed by atoms with Gasteiger partial charge in [-0.1, -0.05) is 0 Å². The highest BCUT2D eigenvalue weighted by Crippen LogP contribution is 2.50. The van der Waals surface area contributed by atoms with Gasteiger partial charge in [0.1, 0.15) is 12.2 Å². The van der Waals surface area contributed by atoms with Crippen molar-refractivity contribution >= 4 is 23.4 Å². The fourth-order valence-corrected chi connectivity index (χ4v) is 4.49. The first-order valence-electron chi connectivity index (χ1n) is 8.51. The number of carbonyl (C=O) groups excluding carboxylic acids is 4. The van der Waals surface area contributed by atoms with Gasteiger partial charge in [0, 0.05) is 39.0 Å². The zero-order valence-electron chi connectivity index (χ0n) is 13.2. The Morgan fingerprint density at radius 3 is 1.42 bits per heavy atom. The minimum Gasteiger partial charge on any atom is -0.348 e. The van der Waals surface area contributed by atoms with Crippen LogP contribution in [-0.2, 0) is 28.7 Å². The third-order valence-corrected chi connectivity index (χ3v) is 6.03. The Bertz CT molecular complexity index is 626. The third kappa shape index (κ3) is 1.60. The second kappa shape index (κ2) is 4.43. The molecule has 2 saturated carbocycles. The average Bonchev–Trinajstić information content (AvgIpc) is 3.47. The van der Waals surface area contributed by atoms with Gasteiger partial charge in [0.25, 0.3) is 11.8 Å². The van der Waals surface area contributed by atoms with Crippen LogP contribution in [0.1, 0.15) is 25.7 Å². The van der Waals surface area contributed by atoms with E-state index in [0.29, 0.717) is 51.9 Å². The standard InChI is InChI=1S/C16H18N2O6/c19-9-1-3-11-15(9,23-11)13(21)17-5-7-18(8-6-17)14(22)16-10(20)2-4-12(16)24-16/h11-12H,1-8H2. The van der Waals surface area contributed by atoms with Crippen LogP contribution >= 0.6 is 0 Å². The number of nitrogens with zero attached hydrogens (tertiary/aromatic N) is 2. The van der Waals surface area contributed by atoms with E-state index in [1.165, 1.54) is 0 Å². The molecule has 0 aromatic rings. The molecule has 5 rings (SSSR count). The molecule has 2 aliphatic carbocycles. The van der Waals surface area contributed by atoms with E-state index in [-0.39, 0.29) is 35.6 Å². The van der Waals surface area contributed by atoms with Gasteiger partial charge in [0.05, 0.1) is 0 Å². The molecular formula is C16H18N2O6. The summed E-state index contributed by atoms with van der Waals surface area (Å²) < 4.78 is 10.7. The summed E-state index contributed by atoms with van der Waals surface area (Å²) in [4.78, 5) is 52.4. The van der Waals surface area contributed by atoms with Crippen LogP contribution in [0.3, 0.4) is 0 Å². The molecule has 3 saturated heterocycles. The highest BCUT2D eigenvalue weighted by molar-refractivity contribution is 6.15. The van der Waals surface area contributed by atoms with Gasteiger partial charge in [-0.15, -0.1) is 0 Å². The second-order valence-corrected chi connectivity index (χ2v) is 7.19. The zero-order valence-corrected chi connectivity index (χ0v) is 13.2. The normalized spacial score (nSPS) is 42.8. The molecule has 0 aromatic heterocycles. The van der Waals surface area contributed by atoms with Crippen molar-refractivity contribution in [1.29, 1.82) is 0 Å². The Hall–Kier alpha value is -1.80. The van der Waals surface area contributed by atoms with Crippen molar-refractivity contribution in [3.8, 4) is 0 Å². The van der Waals surface area contributed by atoms with Crippen LogP contribution in [0.2, 0.25) is 0 Å². The summed E-state index contributed by atoms with van der Waals surface area (Å²) in [6.07, 6.45) is 1.52. The molecule has 0 radical (unpaired) electrons. The summed E-state index contributed by atoms with van der Waals surface area (Å²) in [7, 11) is 0. The van der Waals surface area contributed by atoms with Gasteiger partial charge in [0.2, 0.25) is 11.2 Å². The first-order chi connectivity index (χ1) is 11.5. The Kier molecular flexibility index (Phi) is 2.68. The van der Waals surface area contributed by atoms with Crippen LogP contribution in [-0.4, -0.2) is 82.8 Å². The smallest absolute Gasteiger partial charge is 0.265 e. The molecule has 3 aliphatic heterocycles. The summed E-state index contributed by atoms with van der Waals surface area (Å²) in [5.74, 6) is -0.781. The van der Waals surface area contributed by atoms with Crippen LogP contribution in [0, 0.1) is 0 Å². The number of carbonyl (C=O) groups is 4. The maximum absolute atomic E-state index is 12.6. The lowest BCUT2D eigenvalue weighted by atomic mass is 10.0. The van der Waals surface area contributed by atoms with Crippen LogP contribution in [0.5, 0.6) is 0 Å². The Morgan fingerprint density at radius 1 is 0.792 bits per heavy atom. The molecule has 4 unspecified atom stereocenters. The predicted molar refractivity (Wildman–Crippen MR) is 76.9 cm³/mol. The molecule has 24 heavy (non-hydrogen) atoms. The van der Waals surface area contributed by atoms with E-state index in [2.05, 4.69) is 0 Å². The lowest BCUT2D eigenvalue weighted by Gasteiger charge is -2.36. The van der Waals surface area contributed by atoms with Gasteiger partial charge in [-0.05, 0) is 12.8 Å². The zero-order chi connectivity index (χ0) is 16.7. The molecule has 5 aliphatic rings. The summed E-state index contributed by atoms with van der Waals surface area (Å²) in [5, 5.41) is 0. The number of Topliss-reactive ketones (excluding diaryl/α,β-unsaturated/α-hetero) is 2. The number of fused-ring (bicyclic) bond motifs is 2. The van der Waals surface area contributed by atoms with Crippen molar-refractivity contribution in [1.82, 2.24) is 9.80 Å². The first-order valence-corrected chi connectivity index (χ1v) is 8.51. The van der Waals surface area contributed by atoms with Crippen LogP contribution in [0.25, 0.3) is 0 Å². The molecule has 4 atom stereocenters. The predicted octanol–water partition coefficient (Wildman–Crippen LogP) is -1.34. The summed E-state index contributed by atoms with van der Waals surface area (Å²) >= 11 is 0. The van der Waals surface area contributed by atoms with Crippen molar-refractivity contribution in [3.05, 3.63) is 0 Å². The molecule has 128 valence electrons. The second-order valence-electron chi connectivity index (χ2n) is 7.19. The van der Waals surface area contributed by atoms with Crippen molar-refractivity contribution < 1.29 is 28.7 Å². The van der Waals surface area contributed by atoms with E-state index >= 15 is 0 Å². The molecule has 2 amide bonds. The molecule has 0 bridgehead atoms. The number of epoxide rings is 2. The van der Waals surface area contributed by atoms with Gasteiger partial charge in [-0.2, -0.15) is 0 Å². The minimum absolute atomic E-state index is 0.124. The lowest BCUT2D eigenvalue weighted by molar-refractivity contribution is -0.150. The SMILES string of the molecule is O=C1CCC2OC12C(=O)N1CCN(C(=O)C23OC2CCC3=O)CC1. The van der Waals surface area contributed by atoms with E-state index in [4.69, 9.17) is 9.47 Å². The average molecular weight is 334 g/mol. The van der Waals surface area contributed by atoms with E-state index in [1.807, 2.05) is 0 Å². The molecular weight excluding hydrogens is 316 g/mol. The maximum Gasteiger partial charge on any atom is 0.265 e. The van der Waals surface area contributed by atoms with Gasteiger partial charge >= 0.3 is 0 Å². The van der Waals surface area contributed by atoms with Gasteiger partial charge in [0.15, 0.2) is 11.6 Å². The van der Waals surface area contributed by atoms with Crippen LogP contribution in [0.15, 0.2) is 0 Å². The van der Waals surface area contributed by atoms with Crippen LogP contribution in [0.4, 0.5) is 0 Å². The maximum atomic E-state index is 12.6. The van der Waals surface area contributed by atoms with Gasteiger partial charge in [-0.25, -0.2) is 0 Å². The van der Waals surface area contributed by atoms with Gasteiger partial charge in [-0.3, -0.25) is 19.2 Å². The monoisotopic (exact) mass is 334 g/mol. The number of ether oxygens (including phenoxy) is 2. The fourth-order valence-electron chi connectivity index (χ4n) is 4.49. The van der Waals surface area contributed by atoms with E-state index in [1.54, 1.807) is 9.80 Å². The number of piperazine rings is 1. The molecule has 0 aromatic carbocycles. The Labute approximate surface area is 138 Å². The van der Waals surface area contributed by atoms with Gasteiger partial charge < -0.3 is 19.3 Å². The Balaban J connectivity index is 1.24. The number of rotatable bonds is 2. The summed E-state index contributed by atoms with van der Waals surface area (Å²) in [5.41, 5.74) is -2.45. The van der Waals surface area contributed by atoms with Crippen LogP contribution < -0.4 is 0 Å². The first kappa shape index (κ1) is 14.5. The summed E-state index contributed by atoms with van der Waals surface area (Å²) in [6.45, 7) is 1.41. The van der Waals surface area contributed by atoms with Crippen molar-refractivity contribution in [2.45, 2.75) is 49.1 Å².